The second-order valence-electron chi connectivity index (χ2n) is 7.61. The number of amides is 2. The number of hydrogen-bond donors (Lipinski definition) is 2. The van der Waals surface area contributed by atoms with E-state index in [0.29, 0.717) is 5.75 Å². The first-order valence-corrected chi connectivity index (χ1v) is 11.2. The minimum atomic E-state index is -1.28. The Bertz CT molecular complexity index is 1320. The fourth-order valence-electron chi connectivity index (χ4n) is 3.31. The third kappa shape index (κ3) is 5.44. The van der Waals surface area contributed by atoms with Crippen molar-refractivity contribution in [3.05, 3.63) is 82.0 Å². The summed E-state index contributed by atoms with van der Waals surface area (Å²) >= 11 is 0.770. The molecule has 0 saturated carbocycles. The van der Waals surface area contributed by atoms with Crippen molar-refractivity contribution in [3.63, 3.8) is 0 Å². The monoisotopic (exact) mass is 493 g/mol. The average Bonchev–Trinajstić information content (AvgIpc) is 3.40. The van der Waals surface area contributed by atoms with Crippen LogP contribution in [0, 0.1) is 6.92 Å². The third-order valence-electron chi connectivity index (χ3n) is 5.09. The molecule has 1 aromatic heterocycles. The molecule has 1 fully saturated rings. The normalized spacial score (nSPS) is 14.5. The number of carbonyl (C=O) groups is 4. The van der Waals surface area contributed by atoms with Gasteiger partial charge in [-0.1, -0.05) is 17.7 Å². The Labute approximate surface area is 203 Å². The van der Waals surface area contributed by atoms with Gasteiger partial charge in [-0.3, -0.25) is 14.5 Å². The topological polar surface area (TPSA) is 134 Å². The van der Waals surface area contributed by atoms with E-state index in [2.05, 4.69) is 0 Å². The van der Waals surface area contributed by atoms with Crippen LogP contribution in [0.3, 0.4) is 0 Å². The number of aromatic carboxylic acids is 2. The van der Waals surface area contributed by atoms with E-state index in [4.69, 9.17) is 9.15 Å². The van der Waals surface area contributed by atoms with E-state index in [9.17, 15) is 29.4 Å². The number of ether oxygens (including phenoxy) is 1. The zero-order chi connectivity index (χ0) is 25.1. The highest BCUT2D eigenvalue weighted by atomic mass is 32.2. The Hall–Kier alpha value is -4.31. The summed E-state index contributed by atoms with van der Waals surface area (Å²) in [7, 11) is 0. The number of nitrogens with zero attached hydrogens (tertiary/aromatic N) is 1. The van der Waals surface area contributed by atoms with Gasteiger partial charge in [-0.05, 0) is 61.2 Å². The number of carbonyl (C=O) groups excluding carboxylic acids is 2. The lowest BCUT2D eigenvalue weighted by atomic mass is 10.0. The number of rotatable bonds is 8. The second kappa shape index (κ2) is 9.90. The lowest BCUT2D eigenvalue weighted by Gasteiger charge is -2.13. The molecule has 0 bridgehead atoms. The van der Waals surface area contributed by atoms with Gasteiger partial charge in [0.1, 0.15) is 23.9 Å². The molecule has 0 atom stereocenters. The quantitative estimate of drug-likeness (QED) is 0.426. The van der Waals surface area contributed by atoms with E-state index in [1.54, 1.807) is 0 Å². The Kier molecular flexibility index (Phi) is 6.74. The molecule has 1 aliphatic heterocycles. The number of thioether (sulfide) groups is 1. The van der Waals surface area contributed by atoms with Gasteiger partial charge in [-0.25, -0.2) is 9.59 Å². The van der Waals surface area contributed by atoms with E-state index in [1.165, 1.54) is 30.3 Å². The maximum absolute atomic E-state index is 12.7. The standard InChI is InChI=1S/C25H19NO8S/c1-14-2-4-18(5-3-14)33-9-8-26-22(27)21(35-25(26)32)13-19-6-7-20(34-19)15-10-16(23(28)29)12-17(11-15)24(30)31/h2-7,10-13H,8-9H2,1H3,(H,28,29)(H,30,31)/b21-13-. The first-order chi connectivity index (χ1) is 16.7. The SMILES string of the molecule is Cc1ccc(OCCN2C(=O)S/C(=C\c3ccc(-c4cc(C(=O)O)cc(C(=O)O)c4)o3)C2=O)cc1. The van der Waals surface area contributed by atoms with E-state index in [-0.39, 0.29) is 46.3 Å². The summed E-state index contributed by atoms with van der Waals surface area (Å²) in [6.07, 6.45) is 1.41. The summed E-state index contributed by atoms with van der Waals surface area (Å²) in [6, 6.07) is 14.1. The number of benzene rings is 2. The Balaban J connectivity index is 1.47. The number of hydrogen-bond acceptors (Lipinski definition) is 7. The smallest absolute Gasteiger partial charge is 0.335 e. The van der Waals surface area contributed by atoms with Crippen LogP contribution in [0.25, 0.3) is 17.4 Å². The highest BCUT2D eigenvalue weighted by molar-refractivity contribution is 8.18. The first kappa shape index (κ1) is 23.8. The molecule has 3 aromatic rings. The number of carboxylic acid groups (broad SMARTS) is 2. The average molecular weight is 493 g/mol. The molecule has 2 aromatic carbocycles. The lowest BCUT2D eigenvalue weighted by Crippen LogP contribution is -2.32. The van der Waals surface area contributed by atoms with Crippen LogP contribution in [-0.4, -0.2) is 51.3 Å². The van der Waals surface area contributed by atoms with Crippen LogP contribution in [0.2, 0.25) is 0 Å². The molecule has 4 rings (SSSR count). The minimum Gasteiger partial charge on any atom is -0.492 e. The first-order valence-electron chi connectivity index (χ1n) is 10.4. The van der Waals surface area contributed by atoms with Crippen LogP contribution in [0.1, 0.15) is 32.0 Å². The Morgan fingerprint density at radius 2 is 1.66 bits per heavy atom. The van der Waals surface area contributed by atoms with Crippen molar-refractivity contribution in [3.8, 4) is 17.1 Å². The van der Waals surface area contributed by atoms with Crippen LogP contribution in [0.15, 0.2) is 63.9 Å². The van der Waals surface area contributed by atoms with Gasteiger partial charge >= 0.3 is 11.9 Å². The van der Waals surface area contributed by atoms with Crippen molar-refractivity contribution in [1.29, 1.82) is 0 Å². The van der Waals surface area contributed by atoms with Gasteiger partial charge in [0.15, 0.2) is 0 Å². The zero-order valence-electron chi connectivity index (χ0n) is 18.4. The maximum atomic E-state index is 12.7. The zero-order valence-corrected chi connectivity index (χ0v) is 19.2. The van der Waals surface area contributed by atoms with Crippen LogP contribution >= 0.6 is 11.8 Å². The summed E-state index contributed by atoms with van der Waals surface area (Å²) < 4.78 is 11.3. The maximum Gasteiger partial charge on any atom is 0.335 e. The van der Waals surface area contributed by atoms with Gasteiger partial charge in [0.25, 0.3) is 11.1 Å². The molecule has 0 unspecified atom stereocenters. The number of imide groups is 1. The summed E-state index contributed by atoms with van der Waals surface area (Å²) in [5.41, 5.74) is 0.938. The predicted molar refractivity (Wildman–Crippen MR) is 127 cm³/mol. The molecule has 35 heavy (non-hydrogen) atoms. The van der Waals surface area contributed by atoms with Gasteiger partial charge in [-0.15, -0.1) is 0 Å². The van der Waals surface area contributed by atoms with Crippen molar-refractivity contribution >= 4 is 40.9 Å². The van der Waals surface area contributed by atoms with E-state index in [0.717, 1.165) is 28.3 Å². The highest BCUT2D eigenvalue weighted by Gasteiger charge is 2.35. The number of furan rings is 1. The lowest BCUT2D eigenvalue weighted by molar-refractivity contribution is -0.123. The molecule has 2 N–H and O–H groups in total. The van der Waals surface area contributed by atoms with Crippen LogP contribution < -0.4 is 4.74 Å². The molecule has 1 aliphatic rings. The van der Waals surface area contributed by atoms with Crippen LogP contribution in [-0.2, 0) is 4.79 Å². The predicted octanol–water partition coefficient (Wildman–Crippen LogP) is 4.77. The third-order valence-corrected chi connectivity index (χ3v) is 6.00. The largest absolute Gasteiger partial charge is 0.492 e. The molecule has 10 heteroatoms. The second-order valence-corrected chi connectivity index (χ2v) is 8.60. The van der Waals surface area contributed by atoms with Crippen molar-refractivity contribution < 1.29 is 38.5 Å². The highest BCUT2D eigenvalue weighted by Crippen LogP contribution is 2.33. The molecule has 2 heterocycles. The minimum absolute atomic E-state index is 0.0826. The molecule has 0 radical (unpaired) electrons. The number of aryl methyl sites for hydroxylation is 1. The summed E-state index contributed by atoms with van der Waals surface area (Å²) in [5.74, 6) is -1.93. The fraction of sp³-hybridized carbons (Fsp3) is 0.120. The summed E-state index contributed by atoms with van der Waals surface area (Å²) in [4.78, 5) is 49.0. The van der Waals surface area contributed by atoms with E-state index < -0.39 is 23.1 Å². The Morgan fingerprint density at radius 3 is 2.29 bits per heavy atom. The molecular weight excluding hydrogens is 474 g/mol. The molecule has 9 nitrogen and oxygen atoms in total. The van der Waals surface area contributed by atoms with Gasteiger partial charge < -0.3 is 19.4 Å². The van der Waals surface area contributed by atoms with Crippen LogP contribution in [0.4, 0.5) is 4.79 Å². The molecule has 178 valence electrons. The molecule has 0 spiro atoms. The van der Waals surface area contributed by atoms with Crippen LogP contribution in [0.5, 0.6) is 5.75 Å². The number of carboxylic acids is 2. The van der Waals surface area contributed by atoms with E-state index in [1.807, 2.05) is 31.2 Å². The van der Waals surface area contributed by atoms with Crippen molar-refractivity contribution in [1.82, 2.24) is 4.90 Å². The van der Waals surface area contributed by atoms with Gasteiger partial charge in [0, 0.05) is 11.6 Å². The van der Waals surface area contributed by atoms with Crippen molar-refractivity contribution in [2.75, 3.05) is 13.2 Å². The molecular formula is C25H19NO8S. The van der Waals surface area contributed by atoms with Gasteiger partial charge in [-0.2, -0.15) is 0 Å². The van der Waals surface area contributed by atoms with Crippen molar-refractivity contribution in [2.45, 2.75) is 6.92 Å². The van der Waals surface area contributed by atoms with E-state index >= 15 is 0 Å². The fourth-order valence-corrected chi connectivity index (χ4v) is 4.16. The Morgan fingerprint density at radius 1 is 1.00 bits per heavy atom. The van der Waals surface area contributed by atoms with Crippen molar-refractivity contribution in [2.24, 2.45) is 0 Å². The van der Waals surface area contributed by atoms with Gasteiger partial charge in [0.2, 0.25) is 0 Å². The summed E-state index contributed by atoms with van der Waals surface area (Å²) in [6.45, 7) is 2.18. The molecule has 1 saturated heterocycles. The summed E-state index contributed by atoms with van der Waals surface area (Å²) in [5, 5.41) is 18.1. The van der Waals surface area contributed by atoms with Gasteiger partial charge in [0.05, 0.1) is 22.6 Å². The molecule has 0 aliphatic carbocycles. The molecule has 2 amide bonds.